The van der Waals surface area contributed by atoms with Crippen LogP contribution >= 0.6 is 0 Å². The maximum atomic E-state index is 13.0. The Labute approximate surface area is 226 Å². The normalized spacial score (nSPS) is 15.6. The monoisotopic (exact) mass is 507 g/mol. The van der Waals surface area contributed by atoms with E-state index < -0.39 is 0 Å². The highest BCUT2D eigenvalue weighted by Crippen LogP contribution is 2.23. The number of aromatic nitrogens is 1. The number of amides is 1. The summed E-state index contributed by atoms with van der Waals surface area (Å²) in [4.78, 5) is 22.0. The molecule has 0 saturated carbocycles. The molecule has 1 aliphatic rings. The summed E-state index contributed by atoms with van der Waals surface area (Å²) in [6.07, 6.45) is 6.51. The van der Waals surface area contributed by atoms with Crippen molar-refractivity contribution in [2.75, 3.05) is 20.2 Å². The number of carbonyl (C=O) groups is 1. The molecule has 1 fully saturated rings. The van der Waals surface area contributed by atoms with Gasteiger partial charge in [-0.25, -0.2) is 0 Å². The Bertz CT molecular complexity index is 1340. The maximum Gasteiger partial charge on any atom is 0.227 e. The van der Waals surface area contributed by atoms with Crippen LogP contribution in [0.25, 0.3) is 10.9 Å². The molecular weight excluding hydrogens is 470 g/mol. The summed E-state index contributed by atoms with van der Waals surface area (Å²) in [5.74, 6) is 1.12. The average molecular weight is 508 g/mol. The summed E-state index contributed by atoms with van der Waals surface area (Å²) in [6.45, 7) is 3.11. The molecule has 5 heteroatoms. The molecule has 0 spiro atoms. The summed E-state index contributed by atoms with van der Waals surface area (Å²) in [5, 5.41) is 1.17. The number of para-hydroxylation sites is 1. The number of fused-ring (bicyclic) bond motifs is 1. The number of pyridine rings is 1. The number of rotatable bonds is 10. The lowest BCUT2D eigenvalue weighted by Crippen LogP contribution is -2.45. The molecule has 2 heterocycles. The van der Waals surface area contributed by atoms with Gasteiger partial charge in [0.1, 0.15) is 5.75 Å². The predicted octanol–water partition coefficient (Wildman–Crippen LogP) is 6.26. The SMILES string of the molecule is CN(Cc1cccc(OCCC2CCCCN2C(=O)Cc2ccccc2)c1)Cc1cccc2cccnc12. The van der Waals surface area contributed by atoms with Crippen LogP contribution in [-0.4, -0.2) is 46.9 Å². The number of hydrogen-bond donors (Lipinski definition) is 0. The van der Waals surface area contributed by atoms with Crippen LogP contribution in [-0.2, 0) is 24.3 Å². The first-order valence-electron chi connectivity index (χ1n) is 13.7. The third kappa shape index (κ3) is 6.78. The van der Waals surface area contributed by atoms with Gasteiger partial charge in [0.05, 0.1) is 18.5 Å². The minimum Gasteiger partial charge on any atom is -0.494 e. The highest BCUT2D eigenvalue weighted by molar-refractivity contribution is 5.81. The summed E-state index contributed by atoms with van der Waals surface area (Å²) < 4.78 is 6.19. The molecule has 0 radical (unpaired) electrons. The topological polar surface area (TPSA) is 45.7 Å². The fourth-order valence-corrected chi connectivity index (χ4v) is 5.50. The van der Waals surface area contributed by atoms with Crippen LogP contribution in [0, 0.1) is 0 Å². The van der Waals surface area contributed by atoms with Crippen molar-refractivity contribution < 1.29 is 9.53 Å². The lowest BCUT2D eigenvalue weighted by molar-refractivity contribution is -0.134. The first-order valence-corrected chi connectivity index (χ1v) is 13.7. The van der Waals surface area contributed by atoms with Crippen molar-refractivity contribution in [3.63, 3.8) is 0 Å². The zero-order valence-corrected chi connectivity index (χ0v) is 22.3. The summed E-state index contributed by atoms with van der Waals surface area (Å²) >= 11 is 0. The molecule has 1 aromatic heterocycles. The number of ether oxygens (including phenoxy) is 1. The van der Waals surface area contributed by atoms with Crippen molar-refractivity contribution in [3.8, 4) is 5.75 Å². The van der Waals surface area contributed by atoms with E-state index >= 15 is 0 Å². The summed E-state index contributed by atoms with van der Waals surface area (Å²) in [6, 6.07) is 29.1. The van der Waals surface area contributed by atoms with Crippen LogP contribution in [0.5, 0.6) is 5.75 Å². The molecule has 0 N–H and O–H groups in total. The second-order valence-electron chi connectivity index (χ2n) is 10.3. The number of likely N-dealkylation sites (tertiary alicyclic amines) is 1. The van der Waals surface area contributed by atoms with Gasteiger partial charge in [-0.1, -0.05) is 66.7 Å². The van der Waals surface area contributed by atoms with Gasteiger partial charge >= 0.3 is 0 Å². The van der Waals surface area contributed by atoms with E-state index in [0.717, 1.165) is 55.7 Å². The summed E-state index contributed by atoms with van der Waals surface area (Å²) in [7, 11) is 2.14. The van der Waals surface area contributed by atoms with Gasteiger partial charge in [0, 0.05) is 43.7 Å². The Morgan fingerprint density at radius 2 is 1.76 bits per heavy atom. The molecule has 4 aromatic rings. The fourth-order valence-electron chi connectivity index (χ4n) is 5.50. The second kappa shape index (κ2) is 12.7. The standard InChI is InChI=1S/C33H37N3O2/c1-35(25-29-14-8-13-28-15-9-19-34-33(28)29)24-27-12-7-17-31(22-27)38-21-18-30-16-5-6-20-36(30)32(37)23-26-10-3-2-4-11-26/h2-4,7-15,17,19,22,30H,5-6,16,18,20-21,23-25H2,1H3. The zero-order valence-electron chi connectivity index (χ0n) is 22.3. The molecule has 0 aliphatic carbocycles. The number of benzene rings is 3. The van der Waals surface area contributed by atoms with Gasteiger partial charge in [0.2, 0.25) is 5.91 Å². The number of piperidine rings is 1. The molecule has 5 nitrogen and oxygen atoms in total. The first kappa shape index (κ1) is 25.9. The van der Waals surface area contributed by atoms with Gasteiger partial charge in [0.15, 0.2) is 0 Å². The van der Waals surface area contributed by atoms with Gasteiger partial charge in [-0.05, 0) is 61.2 Å². The Hall–Kier alpha value is -3.70. The van der Waals surface area contributed by atoms with Gasteiger partial charge < -0.3 is 9.64 Å². The van der Waals surface area contributed by atoms with E-state index in [-0.39, 0.29) is 11.9 Å². The quantitative estimate of drug-likeness (QED) is 0.254. The van der Waals surface area contributed by atoms with E-state index in [9.17, 15) is 4.79 Å². The van der Waals surface area contributed by atoms with Crippen molar-refractivity contribution in [2.45, 2.75) is 51.2 Å². The van der Waals surface area contributed by atoms with E-state index in [1.807, 2.05) is 48.7 Å². The van der Waals surface area contributed by atoms with Crippen LogP contribution in [0.4, 0.5) is 0 Å². The highest BCUT2D eigenvalue weighted by Gasteiger charge is 2.26. The van der Waals surface area contributed by atoms with Gasteiger partial charge in [-0.15, -0.1) is 0 Å². The maximum absolute atomic E-state index is 13.0. The van der Waals surface area contributed by atoms with E-state index in [1.54, 1.807) is 0 Å². The molecule has 0 bridgehead atoms. The second-order valence-corrected chi connectivity index (χ2v) is 10.3. The fraction of sp³-hybridized carbons (Fsp3) is 0.333. The number of hydrogen-bond acceptors (Lipinski definition) is 4. The molecule has 3 aromatic carbocycles. The summed E-state index contributed by atoms with van der Waals surface area (Å²) in [5.41, 5.74) is 4.60. The van der Waals surface area contributed by atoms with Crippen molar-refractivity contribution in [2.24, 2.45) is 0 Å². The van der Waals surface area contributed by atoms with Crippen LogP contribution in [0.3, 0.4) is 0 Å². The average Bonchev–Trinajstić information content (AvgIpc) is 2.94. The number of nitrogens with zero attached hydrogens (tertiary/aromatic N) is 3. The van der Waals surface area contributed by atoms with Crippen LogP contribution in [0.1, 0.15) is 42.4 Å². The minimum absolute atomic E-state index is 0.229. The third-order valence-corrected chi connectivity index (χ3v) is 7.37. The van der Waals surface area contributed by atoms with E-state index in [4.69, 9.17) is 4.74 Å². The lowest BCUT2D eigenvalue weighted by atomic mass is 9.98. The zero-order chi connectivity index (χ0) is 26.2. The van der Waals surface area contributed by atoms with E-state index in [2.05, 4.69) is 64.3 Å². The molecular formula is C33H37N3O2. The van der Waals surface area contributed by atoms with E-state index in [0.29, 0.717) is 13.0 Å². The Morgan fingerprint density at radius 1 is 0.947 bits per heavy atom. The molecule has 1 atom stereocenters. The van der Waals surface area contributed by atoms with Crippen LogP contribution in [0.15, 0.2) is 91.1 Å². The van der Waals surface area contributed by atoms with Gasteiger partial charge in [-0.2, -0.15) is 0 Å². The Balaban J connectivity index is 1.14. The molecule has 196 valence electrons. The smallest absolute Gasteiger partial charge is 0.227 e. The van der Waals surface area contributed by atoms with E-state index in [1.165, 1.54) is 22.9 Å². The minimum atomic E-state index is 0.229. The van der Waals surface area contributed by atoms with Gasteiger partial charge in [-0.3, -0.25) is 14.7 Å². The van der Waals surface area contributed by atoms with Crippen molar-refractivity contribution >= 4 is 16.8 Å². The van der Waals surface area contributed by atoms with Gasteiger partial charge in [0.25, 0.3) is 0 Å². The third-order valence-electron chi connectivity index (χ3n) is 7.37. The highest BCUT2D eigenvalue weighted by atomic mass is 16.5. The molecule has 5 rings (SSSR count). The first-order chi connectivity index (χ1) is 18.7. The van der Waals surface area contributed by atoms with Crippen LogP contribution in [0.2, 0.25) is 0 Å². The van der Waals surface area contributed by atoms with Crippen molar-refractivity contribution in [3.05, 3.63) is 108 Å². The predicted molar refractivity (Wildman–Crippen MR) is 153 cm³/mol. The molecule has 1 aliphatic heterocycles. The lowest BCUT2D eigenvalue weighted by Gasteiger charge is -2.36. The molecule has 1 unspecified atom stereocenters. The number of carbonyl (C=O) groups excluding carboxylic acids is 1. The van der Waals surface area contributed by atoms with Crippen molar-refractivity contribution in [1.82, 2.24) is 14.8 Å². The molecule has 1 amide bonds. The molecule has 1 saturated heterocycles. The largest absolute Gasteiger partial charge is 0.494 e. The Morgan fingerprint density at radius 3 is 2.66 bits per heavy atom. The van der Waals surface area contributed by atoms with Crippen molar-refractivity contribution in [1.29, 1.82) is 0 Å². The van der Waals surface area contributed by atoms with Crippen LogP contribution < -0.4 is 4.74 Å². The molecule has 38 heavy (non-hydrogen) atoms. The Kier molecular flexibility index (Phi) is 8.67.